The predicted molar refractivity (Wildman–Crippen MR) is 108 cm³/mol. The van der Waals surface area contributed by atoms with E-state index < -0.39 is 0 Å². The standard InChI is InChI=1S/C20H17N9/c1-13(14-5-3-2-4-6-14)23-20-21-10-9-18(24-20)29-12-22-16-8-7-15(11-17(16)29)19-25-27-28-26-19/h2-13H,1H3,(H,21,23,24)(H,25,26,27,28). The highest BCUT2D eigenvalue weighted by Gasteiger charge is 2.12. The van der Waals surface area contributed by atoms with Crippen molar-refractivity contribution in [1.82, 2.24) is 40.1 Å². The molecule has 9 nitrogen and oxygen atoms in total. The van der Waals surface area contributed by atoms with Crippen molar-refractivity contribution in [2.75, 3.05) is 5.32 Å². The molecule has 0 spiro atoms. The third-order valence-electron chi connectivity index (χ3n) is 4.68. The molecule has 1 unspecified atom stereocenters. The van der Waals surface area contributed by atoms with Crippen LogP contribution in [0.1, 0.15) is 18.5 Å². The van der Waals surface area contributed by atoms with Gasteiger partial charge in [0.25, 0.3) is 0 Å². The van der Waals surface area contributed by atoms with E-state index in [4.69, 9.17) is 0 Å². The summed E-state index contributed by atoms with van der Waals surface area (Å²) >= 11 is 0. The molecule has 0 saturated carbocycles. The van der Waals surface area contributed by atoms with Crippen molar-refractivity contribution in [2.24, 2.45) is 0 Å². The van der Waals surface area contributed by atoms with Gasteiger partial charge < -0.3 is 5.32 Å². The van der Waals surface area contributed by atoms with Crippen molar-refractivity contribution in [1.29, 1.82) is 0 Å². The van der Waals surface area contributed by atoms with Crippen LogP contribution < -0.4 is 5.32 Å². The molecule has 5 rings (SSSR count). The van der Waals surface area contributed by atoms with Gasteiger partial charge in [0.2, 0.25) is 11.8 Å². The van der Waals surface area contributed by atoms with Gasteiger partial charge in [0, 0.05) is 11.8 Å². The van der Waals surface area contributed by atoms with Gasteiger partial charge in [0.05, 0.1) is 17.1 Å². The van der Waals surface area contributed by atoms with Crippen LogP contribution in [0.2, 0.25) is 0 Å². The van der Waals surface area contributed by atoms with E-state index in [-0.39, 0.29) is 6.04 Å². The van der Waals surface area contributed by atoms with E-state index in [2.05, 4.69) is 59.9 Å². The predicted octanol–water partition coefficient (Wildman–Crippen LogP) is 3.17. The van der Waals surface area contributed by atoms with Crippen LogP contribution in [0.4, 0.5) is 5.95 Å². The van der Waals surface area contributed by atoms with E-state index in [9.17, 15) is 0 Å². The lowest BCUT2D eigenvalue weighted by atomic mass is 10.1. The van der Waals surface area contributed by atoms with Crippen molar-refractivity contribution in [3.05, 3.63) is 72.7 Å². The van der Waals surface area contributed by atoms with Crippen molar-refractivity contribution in [3.8, 4) is 17.2 Å². The van der Waals surface area contributed by atoms with Crippen LogP contribution in [0, 0.1) is 0 Å². The van der Waals surface area contributed by atoms with E-state index in [1.807, 2.05) is 47.0 Å². The normalized spacial score (nSPS) is 12.2. The highest BCUT2D eigenvalue weighted by Crippen LogP contribution is 2.23. The summed E-state index contributed by atoms with van der Waals surface area (Å²) in [6.07, 6.45) is 3.48. The topological polar surface area (TPSA) is 110 Å². The number of benzene rings is 2. The molecule has 0 radical (unpaired) electrons. The lowest BCUT2D eigenvalue weighted by Crippen LogP contribution is -2.10. The molecule has 3 heterocycles. The van der Waals surface area contributed by atoms with E-state index in [0.717, 1.165) is 22.4 Å². The Hall–Kier alpha value is -4.14. The number of imidazole rings is 1. The molecule has 9 heteroatoms. The lowest BCUT2D eigenvalue weighted by Gasteiger charge is -2.14. The third kappa shape index (κ3) is 3.29. The smallest absolute Gasteiger partial charge is 0.225 e. The summed E-state index contributed by atoms with van der Waals surface area (Å²) in [5.41, 5.74) is 3.76. The van der Waals surface area contributed by atoms with Crippen LogP contribution in [-0.4, -0.2) is 40.1 Å². The Balaban J connectivity index is 1.49. The number of H-pyrrole nitrogens is 1. The van der Waals surface area contributed by atoms with E-state index in [1.54, 1.807) is 12.5 Å². The second kappa shape index (κ2) is 7.12. The Morgan fingerprint density at radius 3 is 2.76 bits per heavy atom. The fraction of sp³-hybridized carbons (Fsp3) is 0.100. The maximum absolute atomic E-state index is 4.67. The number of rotatable bonds is 5. The Labute approximate surface area is 165 Å². The van der Waals surface area contributed by atoms with Gasteiger partial charge in [-0.3, -0.25) is 4.57 Å². The third-order valence-corrected chi connectivity index (χ3v) is 4.68. The average Bonchev–Trinajstić information content (AvgIpc) is 3.44. The molecule has 142 valence electrons. The minimum Gasteiger partial charge on any atom is -0.348 e. The van der Waals surface area contributed by atoms with Crippen LogP contribution in [0.25, 0.3) is 28.2 Å². The Bertz CT molecular complexity index is 1250. The van der Waals surface area contributed by atoms with Gasteiger partial charge in [-0.05, 0) is 42.0 Å². The summed E-state index contributed by atoms with van der Waals surface area (Å²) in [4.78, 5) is 13.5. The highest BCUT2D eigenvalue weighted by molar-refractivity contribution is 5.82. The molecule has 0 aliphatic rings. The summed E-state index contributed by atoms with van der Waals surface area (Å²) in [7, 11) is 0. The number of hydrogen-bond donors (Lipinski definition) is 2. The van der Waals surface area contributed by atoms with E-state index >= 15 is 0 Å². The molecular weight excluding hydrogens is 366 g/mol. The number of nitrogens with one attached hydrogen (secondary N) is 2. The Kier molecular flexibility index (Phi) is 4.17. The number of tetrazole rings is 1. The first-order valence-electron chi connectivity index (χ1n) is 9.14. The molecule has 1 atom stereocenters. The first kappa shape index (κ1) is 17.0. The van der Waals surface area contributed by atoms with Gasteiger partial charge in [-0.1, -0.05) is 30.3 Å². The SMILES string of the molecule is CC(Nc1nccc(-n2cnc3ccc(-c4nn[nH]n4)cc32)n1)c1ccccc1. The number of fused-ring (bicyclic) bond motifs is 1. The van der Waals surface area contributed by atoms with Gasteiger partial charge in [-0.15, -0.1) is 10.2 Å². The summed E-state index contributed by atoms with van der Waals surface area (Å²) in [6.45, 7) is 2.08. The van der Waals surface area contributed by atoms with Gasteiger partial charge in [-0.25, -0.2) is 9.97 Å². The van der Waals surface area contributed by atoms with E-state index in [0.29, 0.717) is 11.8 Å². The molecule has 0 bridgehead atoms. The van der Waals surface area contributed by atoms with Gasteiger partial charge in [0.15, 0.2) is 0 Å². The van der Waals surface area contributed by atoms with Gasteiger partial charge in [0.1, 0.15) is 12.1 Å². The molecule has 0 fully saturated rings. The maximum atomic E-state index is 4.67. The number of nitrogens with zero attached hydrogens (tertiary/aromatic N) is 7. The number of hydrogen-bond acceptors (Lipinski definition) is 7. The van der Waals surface area contributed by atoms with Crippen LogP contribution in [0.15, 0.2) is 67.1 Å². The van der Waals surface area contributed by atoms with Crippen molar-refractivity contribution in [3.63, 3.8) is 0 Å². The molecule has 0 saturated heterocycles. The monoisotopic (exact) mass is 383 g/mol. The Morgan fingerprint density at radius 2 is 1.93 bits per heavy atom. The fourth-order valence-corrected chi connectivity index (χ4v) is 3.19. The number of anilines is 1. The molecular formula is C20H17N9. The van der Waals surface area contributed by atoms with Crippen LogP contribution in [0.5, 0.6) is 0 Å². The molecule has 0 amide bonds. The maximum Gasteiger partial charge on any atom is 0.225 e. The van der Waals surface area contributed by atoms with Crippen molar-refractivity contribution >= 4 is 17.0 Å². The summed E-state index contributed by atoms with van der Waals surface area (Å²) in [6, 6.07) is 17.9. The largest absolute Gasteiger partial charge is 0.348 e. The summed E-state index contributed by atoms with van der Waals surface area (Å²) in [5, 5.41) is 17.5. The van der Waals surface area contributed by atoms with Crippen LogP contribution >= 0.6 is 0 Å². The molecule has 2 N–H and O–H groups in total. The second-order valence-corrected chi connectivity index (χ2v) is 6.57. The second-order valence-electron chi connectivity index (χ2n) is 6.57. The lowest BCUT2D eigenvalue weighted by molar-refractivity contribution is 0.854. The Morgan fingerprint density at radius 1 is 1.03 bits per heavy atom. The average molecular weight is 383 g/mol. The zero-order valence-corrected chi connectivity index (χ0v) is 15.6. The summed E-state index contributed by atoms with van der Waals surface area (Å²) in [5.74, 6) is 1.80. The first-order valence-corrected chi connectivity index (χ1v) is 9.14. The quantitative estimate of drug-likeness (QED) is 0.479. The molecule has 3 aromatic heterocycles. The zero-order chi connectivity index (χ0) is 19.6. The number of aromatic nitrogens is 8. The highest BCUT2D eigenvalue weighted by atomic mass is 15.5. The van der Waals surface area contributed by atoms with Crippen LogP contribution in [-0.2, 0) is 0 Å². The molecule has 0 aliphatic heterocycles. The molecule has 29 heavy (non-hydrogen) atoms. The molecule has 2 aromatic carbocycles. The van der Waals surface area contributed by atoms with Crippen LogP contribution in [0.3, 0.4) is 0 Å². The minimum absolute atomic E-state index is 0.0795. The van der Waals surface area contributed by atoms with E-state index in [1.165, 1.54) is 5.56 Å². The molecule has 5 aromatic rings. The fourth-order valence-electron chi connectivity index (χ4n) is 3.19. The van der Waals surface area contributed by atoms with Gasteiger partial charge >= 0.3 is 0 Å². The van der Waals surface area contributed by atoms with Gasteiger partial charge in [-0.2, -0.15) is 10.2 Å². The first-order chi connectivity index (χ1) is 14.3. The summed E-state index contributed by atoms with van der Waals surface area (Å²) < 4.78 is 1.92. The zero-order valence-electron chi connectivity index (χ0n) is 15.6. The molecule has 0 aliphatic carbocycles. The van der Waals surface area contributed by atoms with Crippen molar-refractivity contribution in [2.45, 2.75) is 13.0 Å². The number of aromatic amines is 1. The minimum atomic E-state index is 0.0795. The van der Waals surface area contributed by atoms with Crippen molar-refractivity contribution < 1.29 is 0 Å².